The normalized spacial score (nSPS) is 11.5. The summed E-state index contributed by atoms with van der Waals surface area (Å²) in [4.78, 5) is -0.293. The third-order valence-corrected chi connectivity index (χ3v) is 6.34. The van der Waals surface area contributed by atoms with Crippen molar-refractivity contribution in [2.45, 2.75) is 88.9 Å². The van der Waals surface area contributed by atoms with Crippen LogP contribution in [0.25, 0.3) is 0 Å². The van der Waals surface area contributed by atoms with Gasteiger partial charge >= 0.3 is 0 Å². The van der Waals surface area contributed by atoms with E-state index in [1.54, 1.807) is 18.2 Å². The van der Waals surface area contributed by atoms with Crippen LogP contribution in [0.5, 0.6) is 17.2 Å². The second-order valence-corrected chi connectivity index (χ2v) is 9.49. The van der Waals surface area contributed by atoms with Crippen LogP contribution in [0.4, 0.5) is 0 Å². The zero-order chi connectivity index (χ0) is 22.5. The maximum absolute atomic E-state index is 11.6. The number of aromatic hydroxyl groups is 1. The minimum atomic E-state index is -4.40. The number of aryl methyl sites for hydroxylation is 1. The molecule has 172 valence electrons. The molecule has 0 aliphatic rings. The molecule has 0 fully saturated rings. The van der Waals surface area contributed by atoms with E-state index in [2.05, 4.69) is 6.92 Å². The molecule has 0 saturated heterocycles. The van der Waals surface area contributed by atoms with Gasteiger partial charge in [-0.1, -0.05) is 89.3 Å². The Labute approximate surface area is 187 Å². The highest BCUT2D eigenvalue weighted by Gasteiger charge is 2.17. The van der Waals surface area contributed by atoms with Crippen LogP contribution in [0, 0.1) is 0 Å². The summed E-state index contributed by atoms with van der Waals surface area (Å²) < 4.78 is 38.4. The molecule has 0 spiro atoms. The van der Waals surface area contributed by atoms with E-state index in [4.69, 9.17) is 4.74 Å². The van der Waals surface area contributed by atoms with Gasteiger partial charge in [0.1, 0.15) is 22.1 Å². The summed E-state index contributed by atoms with van der Waals surface area (Å²) in [7, 11) is -4.40. The summed E-state index contributed by atoms with van der Waals surface area (Å²) in [6.45, 7) is 2.24. The van der Waals surface area contributed by atoms with Crippen molar-refractivity contribution in [3.8, 4) is 17.2 Å². The van der Waals surface area contributed by atoms with Crippen LogP contribution < -0.4 is 4.74 Å². The molecular formula is C25H36O5S. The average Bonchev–Trinajstić information content (AvgIpc) is 2.73. The molecule has 0 aliphatic carbocycles. The molecule has 0 aromatic heterocycles. The fraction of sp³-hybridized carbons (Fsp3) is 0.520. The van der Waals surface area contributed by atoms with Crippen molar-refractivity contribution in [3.63, 3.8) is 0 Å². The predicted octanol–water partition coefficient (Wildman–Crippen LogP) is 7.28. The zero-order valence-corrected chi connectivity index (χ0v) is 19.4. The second-order valence-electron chi connectivity index (χ2n) is 8.10. The zero-order valence-electron chi connectivity index (χ0n) is 18.6. The number of hydrogen-bond donors (Lipinski definition) is 2. The van der Waals surface area contributed by atoms with Crippen molar-refractivity contribution in [1.29, 1.82) is 0 Å². The third kappa shape index (κ3) is 9.32. The first-order valence-corrected chi connectivity index (χ1v) is 12.9. The van der Waals surface area contributed by atoms with Crippen molar-refractivity contribution in [2.24, 2.45) is 0 Å². The van der Waals surface area contributed by atoms with Gasteiger partial charge in [-0.2, -0.15) is 8.42 Å². The van der Waals surface area contributed by atoms with E-state index in [1.165, 1.54) is 82.1 Å². The number of ether oxygens (including phenoxy) is 1. The molecule has 0 amide bonds. The lowest BCUT2D eigenvalue weighted by Gasteiger charge is -2.13. The van der Waals surface area contributed by atoms with E-state index in [-0.39, 0.29) is 16.4 Å². The Morgan fingerprint density at radius 3 is 1.97 bits per heavy atom. The number of benzene rings is 2. The van der Waals surface area contributed by atoms with Crippen LogP contribution in [0.2, 0.25) is 0 Å². The Bertz CT molecular complexity index is 893. The topological polar surface area (TPSA) is 83.8 Å². The van der Waals surface area contributed by atoms with E-state index in [0.29, 0.717) is 5.75 Å². The van der Waals surface area contributed by atoms with E-state index < -0.39 is 10.1 Å². The molecular weight excluding hydrogens is 412 g/mol. The van der Waals surface area contributed by atoms with Gasteiger partial charge in [0.15, 0.2) is 0 Å². The van der Waals surface area contributed by atoms with Gasteiger partial charge in [-0.3, -0.25) is 4.55 Å². The fourth-order valence-electron chi connectivity index (χ4n) is 3.69. The molecule has 5 nitrogen and oxygen atoms in total. The lowest BCUT2D eigenvalue weighted by atomic mass is 10.0. The summed E-state index contributed by atoms with van der Waals surface area (Å²) in [5, 5.41) is 9.86. The van der Waals surface area contributed by atoms with E-state index in [0.717, 1.165) is 24.8 Å². The van der Waals surface area contributed by atoms with Gasteiger partial charge in [-0.05, 0) is 36.6 Å². The maximum atomic E-state index is 11.6. The highest BCUT2D eigenvalue weighted by Crippen LogP contribution is 2.33. The monoisotopic (exact) mass is 448 g/mol. The van der Waals surface area contributed by atoms with Crippen LogP contribution in [0.15, 0.2) is 47.4 Å². The Morgan fingerprint density at radius 1 is 0.774 bits per heavy atom. The minimum absolute atomic E-state index is 0.0378. The Kier molecular flexibility index (Phi) is 10.9. The molecule has 0 atom stereocenters. The number of hydrogen-bond acceptors (Lipinski definition) is 4. The Hall–Kier alpha value is -2.05. The van der Waals surface area contributed by atoms with Crippen LogP contribution >= 0.6 is 0 Å². The molecule has 31 heavy (non-hydrogen) atoms. The SMILES string of the molecule is CCCCCCCCCCCCCc1ccc(O)cc1Oc1ccccc1S(=O)(=O)O. The quantitative estimate of drug-likeness (QED) is 0.221. The molecule has 6 heteroatoms. The second kappa shape index (κ2) is 13.4. The van der Waals surface area contributed by atoms with E-state index in [1.807, 2.05) is 0 Å². The van der Waals surface area contributed by atoms with Crippen molar-refractivity contribution in [1.82, 2.24) is 0 Å². The van der Waals surface area contributed by atoms with Crippen LogP contribution in [-0.2, 0) is 16.5 Å². The lowest BCUT2D eigenvalue weighted by Crippen LogP contribution is -2.01. The number of unbranched alkanes of at least 4 members (excludes halogenated alkanes) is 10. The molecule has 2 aromatic carbocycles. The highest BCUT2D eigenvalue weighted by molar-refractivity contribution is 7.86. The van der Waals surface area contributed by atoms with Gasteiger partial charge in [0.05, 0.1) is 0 Å². The standard InChI is InChI=1S/C25H36O5S/c1-2-3-4-5-6-7-8-9-10-11-12-15-21-18-19-22(26)20-24(21)30-23-16-13-14-17-25(23)31(27,28)29/h13-14,16-20,26H,2-12,15H2,1H3,(H,27,28,29). The average molecular weight is 449 g/mol. The maximum Gasteiger partial charge on any atom is 0.298 e. The molecule has 0 aliphatic heterocycles. The molecule has 2 rings (SSSR count). The molecule has 0 saturated carbocycles. The molecule has 2 N–H and O–H groups in total. The molecule has 0 heterocycles. The molecule has 2 aromatic rings. The van der Waals surface area contributed by atoms with Gasteiger partial charge in [0.25, 0.3) is 10.1 Å². The first-order valence-electron chi connectivity index (χ1n) is 11.5. The summed E-state index contributed by atoms with van der Waals surface area (Å²) >= 11 is 0. The number of phenolic OH excluding ortho intramolecular Hbond substituents is 1. The number of phenols is 1. The Balaban J connectivity index is 1.83. The summed E-state index contributed by atoms with van der Waals surface area (Å²) in [6.07, 6.45) is 14.7. The van der Waals surface area contributed by atoms with Gasteiger partial charge in [0.2, 0.25) is 0 Å². The number of rotatable bonds is 15. The first-order chi connectivity index (χ1) is 14.9. The van der Waals surface area contributed by atoms with E-state index in [9.17, 15) is 18.1 Å². The predicted molar refractivity (Wildman–Crippen MR) is 125 cm³/mol. The van der Waals surface area contributed by atoms with E-state index >= 15 is 0 Å². The van der Waals surface area contributed by atoms with Crippen LogP contribution in [0.1, 0.15) is 83.1 Å². The summed E-state index contributed by atoms with van der Waals surface area (Å²) in [5.74, 6) is 0.487. The van der Waals surface area contributed by atoms with Crippen molar-refractivity contribution < 1.29 is 22.8 Å². The van der Waals surface area contributed by atoms with Crippen LogP contribution in [0.3, 0.4) is 0 Å². The van der Waals surface area contributed by atoms with Gasteiger partial charge < -0.3 is 9.84 Å². The fourth-order valence-corrected chi connectivity index (χ4v) is 4.30. The minimum Gasteiger partial charge on any atom is -0.508 e. The van der Waals surface area contributed by atoms with Crippen molar-refractivity contribution in [2.75, 3.05) is 0 Å². The van der Waals surface area contributed by atoms with Crippen molar-refractivity contribution >= 4 is 10.1 Å². The van der Waals surface area contributed by atoms with Gasteiger partial charge in [-0.15, -0.1) is 0 Å². The summed E-state index contributed by atoms with van der Waals surface area (Å²) in [5.41, 5.74) is 0.902. The first kappa shape index (κ1) is 25.2. The van der Waals surface area contributed by atoms with Gasteiger partial charge in [0, 0.05) is 6.07 Å². The molecule has 0 bridgehead atoms. The summed E-state index contributed by atoms with van der Waals surface area (Å²) in [6, 6.07) is 10.8. The van der Waals surface area contributed by atoms with Crippen molar-refractivity contribution in [3.05, 3.63) is 48.0 Å². The smallest absolute Gasteiger partial charge is 0.298 e. The van der Waals surface area contributed by atoms with Crippen LogP contribution in [-0.4, -0.2) is 18.1 Å². The molecule has 0 radical (unpaired) electrons. The lowest BCUT2D eigenvalue weighted by molar-refractivity contribution is 0.436. The highest BCUT2D eigenvalue weighted by atomic mass is 32.2. The third-order valence-electron chi connectivity index (χ3n) is 5.45. The molecule has 0 unspecified atom stereocenters. The number of para-hydroxylation sites is 1. The Morgan fingerprint density at radius 2 is 1.35 bits per heavy atom. The van der Waals surface area contributed by atoms with Gasteiger partial charge in [-0.25, -0.2) is 0 Å². The largest absolute Gasteiger partial charge is 0.508 e.